The molecule has 0 atom stereocenters. The fourth-order valence-corrected chi connectivity index (χ4v) is 3.13. The van der Waals surface area contributed by atoms with Crippen molar-refractivity contribution in [2.24, 2.45) is 0 Å². The van der Waals surface area contributed by atoms with E-state index in [1.54, 1.807) is 0 Å². The van der Waals surface area contributed by atoms with Crippen LogP contribution in [-0.4, -0.2) is 20.5 Å². The molecule has 0 aliphatic carbocycles. The summed E-state index contributed by atoms with van der Waals surface area (Å²) in [6, 6.07) is 4.35. The smallest absolute Gasteiger partial charge is 0.188 e. The lowest BCUT2D eigenvalue weighted by atomic mass is 10.4. The fourth-order valence-electron chi connectivity index (χ4n) is 0.953. The highest BCUT2D eigenvalue weighted by Gasteiger charge is 2.20. The van der Waals surface area contributed by atoms with Gasteiger partial charge in [-0.25, -0.2) is 8.42 Å². The second kappa shape index (κ2) is 4.29. The van der Waals surface area contributed by atoms with Crippen LogP contribution in [0.3, 0.4) is 0 Å². The van der Waals surface area contributed by atoms with Crippen molar-refractivity contribution in [3.05, 3.63) is 28.2 Å². The van der Waals surface area contributed by atoms with E-state index >= 15 is 0 Å². The van der Waals surface area contributed by atoms with Gasteiger partial charge in [-0.3, -0.25) is 0 Å². The molecule has 0 fully saturated rings. The molecule has 0 spiro atoms. The van der Waals surface area contributed by atoms with E-state index in [4.69, 9.17) is 23.2 Å². The van der Waals surface area contributed by atoms with Crippen LogP contribution in [0.5, 0.6) is 0 Å². The van der Waals surface area contributed by atoms with Crippen LogP contribution in [0, 0.1) is 0 Å². The minimum atomic E-state index is -3.70. The van der Waals surface area contributed by atoms with Gasteiger partial charge in [0.2, 0.25) is 0 Å². The first kappa shape index (κ1) is 11.5. The summed E-state index contributed by atoms with van der Waals surface area (Å²) in [6.07, 6.45) is 0.301. The molecule has 1 rings (SSSR count). The molecule has 0 unspecified atom stereocenters. The van der Waals surface area contributed by atoms with E-state index in [0.717, 1.165) is 0 Å². The summed E-state index contributed by atoms with van der Waals surface area (Å²) in [7, 11) is -3.70. The first-order valence-electron chi connectivity index (χ1n) is 3.59. The molecule has 0 aliphatic heterocycles. The van der Waals surface area contributed by atoms with Crippen LogP contribution in [-0.2, 0) is 14.6 Å². The van der Waals surface area contributed by atoms with Gasteiger partial charge < -0.3 is 4.79 Å². The van der Waals surface area contributed by atoms with Crippen molar-refractivity contribution in [1.82, 2.24) is 0 Å². The van der Waals surface area contributed by atoms with Gasteiger partial charge in [-0.2, -0.15) is 0 Å². The largest absolute Gasteiger partial charge is 0.302 e. The van der Waals surface area contributed by atoms with Gasteiger partial charge in [0, 0.05) is 0 Å². The highest BCUT2D eigenvalue weighted by Crippen LogP contribution is 2.29. The lowest BCUT2D eigenvalue weighted by molar-refractivity contribution is -0.105. The van der Waals surface area contributed by atoms with Gasteiger partial charge >= 0.3 is 0 Å². The summed E-state index contributed by atoms with van der Waals surface area (Å²) in [4.78, 5) is 9.97. The minimum Gasteiger partial charge on any atom is -0.302 e. The number of hydrogen-bond donors (Lipinski definition) is 0. The number of carbonyl (C=O) groups is 1. The van der Waals surface area contributed by atoms with Crippen molar-refractivity contribution in [1.29, 1.82) is 0 Å². The first-order chi connectivity index (χ1) is 6.49. The van der Waals surface area contributed by atoms with E-state index in [2.05, 4.69) is 0 Å². The van der Waals surface area contributed by atoms with Crippen LogP contribution in [0.15, 0.2) is 23.1 Å². The van der Waals surface area contributed by atoms with Crippen molar-refractivity contribution in [2.75, 3.05) is 5.75 Å². The highest BCUT2D eigenvalue weighted by atomic mass is 35.5. The summed E-state index contributed by atoms with van der Waals surface area (Å²) < 4.78 is 22.9. The zero-order valence-electron chi connectivity index (χ0n) is 6.91. The average molecular weight is 253 g/mol. The van der Waals surface area contributed by atoms with Gasteiger partial charge in [0.1, 0.15) is 16.9 Å². The molecule has 3 nitrogen and oxygen atoms in total. The third kappa shape index (κ3) is 2.26. The molecule has 0 radical (unpaired) electrons. The lowest BCUT2D eigenvalue weighted by Gasteiger charge is -2.04. The van der Waals surface area contributed by atoms with Crippen LogP contribution in [0.2, 0.25) is 10.0 Å². The molecule has 0 aromatic heterocycles. The van der Waals surface area contributed by atoms with Crippen LogP contribution >= 0.6 is 23.2 Å². The molecule has 76 valence electrons. The standard InChI is InChI=1S/C8H6Cl2O3S/c9-6-2-1-3-7(10)8(6)14(12,13)5-4-11/h1-4H,5H2. The maximum Gasteiger partial charge on any atom is 0.188 e. The monoisotopic (exact) mass is 252 g/mol. The number of sulfone groups is 1. The molecule has 0 heterocycles. The first-order valence-corrected chi connectivity index (χ1v) is 6.00. The Balaban J connectivity index is 3.39. The zero-order valence-corrected chi connectivity index (χ0v) is 9.23. The quantitative estimate of drug-likeness (QED) is 0.774. The predicted octanol–water partition coefficient (Wildman–Crippen LogP) is 1.97. The third-order valence-corrected chi connectivity index (χ3v) is 4.01. The molecule has 14 heavy (non-hydrogen) atoms. The van der Waals surface area contributed by atoms with E-state index < -0.39 is 15.6 Å². The molecular weight excluding hydrogens is 247 g/mol. The summed E-state index contributed by atoms with van der Waals surface area (Å²) in [5.41, 5.74) is 0. The van der Waals surface area contributed by atoms with Crippen molar-refractivity contribution >= 4 is 39.3 Å². The molecule has 0 saturated heterocycles. The summed E-state index contributed by atoms with van der Waals surface area (Å²) in [5.74, 6) is -0.615. The zero-order chi connectivity index (χ0) is 10.8. The molecule has 0 bridgehead atoms. The molecule has 0 N–H and O–H groups in total. The van der Waals surface area contributed by atoms with Gasteiger partial charge in [0.15, 0.2) is 9.84 Å². The SMILES string of the molecule is O=CCS(=O)(=O)c1c(Cl)cccc1Cl. The van der Waals surface area contributed by atoms with Gasteiger partial charge in [-0.05, 0) is 12.1 Å². The van der Waals surface area contributed by atoms with Crippen LogP contribution in [0.25, 0.3) is 0 Å². The van der Waals surface area contributed by atoms with E-state index in [-0.39, 0.29) is 14.9 Å². The molecule has 0 saturated carbocycles. The van der Waals surface area contributed by atoms with Crippen molar-refractivity contribution in [2.45, 2.75) is 4.90 Å². The summed E-state index contributed by atoms with van der Waals surface area (Å²) >= 11 is 11.3. The Morgan fingerprint density at radius 3 is 2.14 bits per heavy atom. The van der Waals surface area contributed by atoms with E-state index in [0.29, 0.717) is 6.29 Å². The molecule has 0 amide bonds. The van der Waals surface area contributed by atoms with Crippen LogP contribution in [0.1, 0.15) is 0 Å². The fraction of sp³-hybridized carbons (Fsp3) is 0.125. The Morgan fingerprint density at radius 2 is 1.71 bits per heavy atom. The molecule has 0 aliphatic rings. The van der Waals surface area contributed by atoms with Gasteiger partial charge in [0.25, 0.3) is 0 Å². The van der Waals surface area contributed by atoms with Gasteiger partial charge in [-0.15, -0.1) is 0 Å². The van der Waals surface area contributed by atoms with Gasteiger partial charge in [-0.1, -0.05) is 29.3 Å². The summed E-state index contributed by atoms with van der Waals surface area (Å²) in [6.45, 7) is 0. The lowest BCUT2D eigenvalue weighted by Crippen LogP contribution is -2.08. The van der Waals surface area contributed by atoms with Crippen LogP contribution in [0.4, 0.5) is 0 Å². The van der Waals surface area contributed by atoms with E-state index in [1.165, 1.54) is 18.2 Å². The van der Waals surface area contributed by atoms with Crippen LogP contribution < -0.4 is 0 Å². The normalized spacial score (nSPS) is 11.3. The Hall–Kier alpha value is -0.580. The second-order valence-corrected chi connectivity index (χ2v) is 5.28. The number of halogens is 2. The molecular formula is C8H6Cl2O3S. The minimum absolute atomic E-state index is 0.0272. The molecule has 1 aromatic carbocycles. The molecule has 1 aromatic rings. The Bertz CT molecular complexity index is 433. The second-order valence-electron chi connectivity index (χ2n) is 2.50. The predicted molar refractivity (Wildman–Crippen MR) is 54.6 cm³/mol. The topological polar surface area (TPSA) is 51.2 Å². The Morgan fingerprint density at radius 1 is 1.21 bits per heavy atom. The van der Waals surface area contributed by atoms with Gasteiger partial charge in [0.05, 0.1) is 10.0 Å². The van der Waals surface area contributed by atoms with E-state index in [9.17, 15) is 13.2 Å². The van der Waals surface area contributed by atoms with Crippen molar-refractivity contribution in [3.63, 3.8) is 0 Å². The number of hydrogen-bond acceptors (Lipinski definition) is 3. The third-order valence-electron chi connectivity index (χ3n) is 1.52. The maximum absolute atomic E-state index is 11.5. The number of rotatable bonds is 3. The maximum atomic E-state index is 11.5. The summed E-state index contributed by atoms with van der Waals surface area (Å²) in [5, 5.41) is 0.0544. The number of aldehydes is 1. The number of benzene rings is 1. The van der Waals surface area contributed by atoms with Crippen molar-refractivity contribution < 1.29 is 13.2 Å². The average Bonchev–Trinajstić information content (AvgIpc) is 2.02. The Kier molecular flexibility index (Phi) is 3.53. The van der Waals surface area contributed by atoms with E-state index in [1.807, 2.05) is 0 Å². The molecule has 6 heteroatoms. The Labute approximate surface area is 91.6 Å². The van der Waals surface area contributed by atoms with Crippen molar-refractivity contribution in [3.8, 4) is 0 Å². The highest BCUT2D eigenvalue weighted by molar-refractivity contribution is 7.92. The number of carbonyl (C=O) groups excluding carboxylic acids is 1.